The molecule has 1 heterocycles. The van der Waals surface area contributed by atoms with E-state index in [0.29, 0.717) is 13.1 Å². The molecule has 0 spiro atoms. The Morgan fingerprint density at radius 3 is 2.56 bits per heavy atom. The Labute approximate surface area is 158 Å². The highest BCUT2D eigenvalue weighted by Crippen LogP contribution is 2.18. The molecule has 0 aromatic heterocycles. The largest absolute Gasteiger partial charge is 0.451 e. The van der Waals surface area contributed by atoms with Crippen molar-refractivity contribution in [2.45, 2.75) is 32.3 Å². The van der Waals surface area contributed by atoms with Gasteiger partial charge in [-0.05, 0) is 36.1 Å². The fourth-order valence-electron chi connectivity index (χ4n) is 3.34. The summed E-state index contributed by atoms with van der Waals surface area (Å²) in [5.41, 5.74) is 0.900. The van der Waals surface area contributed by atoms with E-state index in [2.05, 4.69) is 5.32 Å². The number of carbonyl (C=O) groups is 3. The highest BCUT2D eigenvalue weighted by molar-refractivity contribution is 5.91. The molecule has 1 saturated heterocycles. The molecule has 0 radical (unpaired) electrons. The lowest BCUT2D eigenvalue weighted by Gasteiger charge is -2.20. The Morgan fingerprint density at radius 1 is 1.07 bits per heavy atom. The molecule has 0 aliphatic carbocycles. The summed E-state index contributed by atoms with van der Waals surface area (Å²) >= 11 is 0. The lowest BCUT2D eigenvalue weighted by atomic mass is 10.0. The van der Waals surface area contributed by atoms with Gasteiger partial charge < -0.3 is 15.0 Å². The second-order valence-electron chi connectivity index (χ2n) is 6.76. The van der Waals surface area contributed by atoms with Crippen LogP contribution in [0.15, 0.2) is 42.5 Å². The molecule has 1 atom stereocenters. The van der Waals surface area contributed by atoms with Crippen molar-refractivity contribution in [3.05, 3.63) is 48.0 Å². The SMILES string of the molecule is C[C@@H](OC(=O)CNC(=O)Cc1cccc2ccccc12)C(=O)N1CCCC1. The number of fused-ring (bicyclic) bond motifs is 1. The summed E-state index contributed by atoms with van der Waals surface area (Å²) in [7, 11) is 0. The highest BCUT2D eigenvalue weighted by atomic mass is 16.5. The zero-order valence-corrected chi connectivity index (χ0v) is 15.4. The third-order valence-corrected chi connectivity index (χ3v) is 4.73. The average Bonchev–Trinajstić information content (AvgIpc) is 3.21. The van der Waals surface area contributed by atoms with Crippen LogP contribution in [0.4, 0.5) is 0 Å². The number of nitrogens with zero attached hydrogens (tertiary/aromatic N) is 1. The van der Waals surface area contributed by atoms with Gasteiger partial charge >= 0.3 is 5.97 Å². The molecule has 1 fully saturated rings. The lowest BCUT2D eigenvalue weighted by Crippen LogP contribution is -2.40. The molecule has 0 bridgehead atoms. The maximum Gasteiger partial charge on any atom is 0.326 e. The van der Waals surface area contributed by atoms with Crippen molar-refractivity contribution in [3.63, 3.8) is 0 Å². The first kappa shape index (κ1) is 18.9. The molecule has 1 aliphatic heterocycles. The van der Waals surface area contributed by atoms with Crippen molar-refractivity contribution < 1.29 is 19.1 Å². The number of likely N-dealkylation sites (tertiary alicyclic amines) is 1. The minimum absolute atomic E-state index is 0.177. The molecule has 3 rings (SSSR count). The second-order valence-corrected chi connectivity index (χ2v) is 6.76. The molecule has 0 unspecified atom stereocenters. The number of carbonyl (C=O) groups excluding carboxylic acids is 3. The zero-order valence-electron chi connectivity index (χ0n) is 15.4. The van der Waals surface area contributed by atoms with Crippen molar-refractivity contribution in [2.24, 2.45) is 0 Å². The van der Waals surface area contributed by atoms with E-state index in [1.165, 1.54) is 0 Å². The first-order valence-corrected chi connectivity index (χ1v) is 9.26. The molecule has 142 valence electrons. The van der Waals surface area contributed by atoms with Gasteiger partial charge in [-0.1, -0.05) is 42.5 Å². The minimum atomic E-state index is -0.828. The summed E-state index contributed by atoms with van der Waals surface area (Å²) in [4.78, 5) is 38.0. The Balaban J connectivity index is 1.48. The van der Waals surface area contributed by atoms with E-state index in [0.717, 1.165) is 29.2 Å². The van der Waals surface area contributed by atoms with Crippen LogP contribution in [-0.2, 0) is 25.5 Å². The van der Waals surface area contributed by atoms with Crippen molar-refractivity contribution in [3.8, 4) is 0 Å². The van der Waals surface area contributed by atoms with Crippen LogP contribution in [0.3, 0.4) is 0 Å². The fraction of sp³-hybridized carbons (Fsp3) is 0.381. The van der Waals surface area contributed by atoms with E-state index < -0.39 is 12.1 Å². The summed E-state index contributed by atoms with van der Waals surface area (Å²) in [6.45, 7) is 2.74. The third kappa shape index (κ3) is 4.84. The number of esters is 1. The van der Waals surface area contributed by atoms with E-state index >= 15 is 0 Å². The van der Waals surface area contributed by atoms with Crippen LogP contribution >= 0.6 is 0 Å². The number of nitrogens with one attached hydrogen (secondary N) is 1. The molecule has 0 saturated carbocycles. The maximum absolute atomic E-state index is 12.2. The summed E-state index contributed by atoms with van der Waals surface area (Å²) in [5, 5.41) is 4.65. The number of rotatable bonds is 6. The van der Waals surface area contributed by atoms with Gasteiger partial charge in [-0.3, -0.25) is 14.4 Å². The first-order chi connectivity index (χ1) is 13.0. The normalized spacial score (nSPS) is 14.8. The maximum atomic E-state index is 12.2. The Hall–Kier alpha value is -2.89. The molecule has 2 aromatic rings. The van der Waals surface area contributed by atoms with Crippen molar-refractivity contribution in [1.82, 2.24) is 10.2 Å². The van der Waals surface area contributed by atoms with E-state index in [1.54, 1.807) is 11.8 Å². The number of hydrogen-bond acceptors (Lipinski definition) is 4. The monoisotopic (exact) mass is 368 g/mol. The Kier molecular flexibility index (Phi) is 6.06. The van der Waals surface area contributed by atoms with E-state index in [4.69, 9.17) is 4.74 Å². The number of amides is 2. The van der Waals surface area contributed by atoms with Gasteiger partial charge in [0.1, 0.15) is 6.54 Å². The summed E-state index contributed by atoms with van der Waals surface area (Å²) in [5.74, 6) is -1.05. The minimum Gasteiger partial charge on any atom is -0.451 e. The van der Waals surface area contributed by atoms with Crippen LogP contribution in [0, 0.1) is 0 Å². The summed E-state index contributed by atoms with van der Waals surface area (Å²) < 4.78 is 5.15. The Morgan fingerprint density at radius 2 is 1.78 bits per heavy atom. The highest BCUT2D eigenvalue weighted by Gasteiger charge is 2.25. The lowest BCUT2D eigenvalue weighted by molar-refractivity contribution is -0.158. The van der Waals surface area contributed by atoms with Gasteiger partial charge in [0.2, 0.25) is 5.91 Å². The third-order valence-electron chi connectivity index (χ3n) is 4.73. The van der Waals surface area contributed by atoms with Crippen LogP contribution in [0.2, 0.25) is 0 Å². The van der Waals surface area contributed by atoms with Crippen LogP contribution in [0.5, 0.6) is 0 Å². The molecule has 2 aromatic carbocycles. The van der Waals surface area contributed by atoms with Crippen LogP contribution in [-0.4, -0.2) is 48.4 Å². The summed E-state index contributed by atoms with van der Waals surface area (Å²) in [6.07, 6.45) is 1.31. The molecule has 6 nitrogen and oxygen atoms in total. The summed E-state index contributed by atoms with van der Waals surface area (Å²) in [6, 6.07) is 13.6. The van der Waals surface area contributed by atoms with E-state index in [1.807, 2.05) is 42.5 Å². The van der Waals surface area contributed by atoms with Crippen LogP contribution in [0.25, 0.3) is 10.8 Å². The van der Waals surface area contributed by atoms with E-state index in [-0.39, 0.29) is 24.8 Å². The van der Waals surface area contributed by atoms with Gasteiger partial charge in [-0.2, -0.15) is 0 Å². The number of benzene rings is 2. The quantitative estimate of drug-likeness (QED) is 0.792. The van der Waals surface area contributed by atoms with Gasteiger partial charge in [0, 0.05) is 13.1 Å². The van der Waals surface area contributed by atoms with Crippen LogP contribution < -0.4 is 5.32 Å². The molecule has 6 heteroatoms. The van der Waals surface area contributed by atoms with Gasteiger partial charge in [0.05, 0.1) is 6.42 Å². The molecule has 2 amide bonds. The van der Waals surface area contributed by atoms with Crippen molar-refractivity contribution in [1.29, 1.82) is 0 Å². The number of hydrogen-bond donors (Lipinski definition) is 1. The Bertz CT molecular complexity index is 838. The van der Waals surface area contributed by atoms with Gasteiger partial charge in [0.15, 0.2) is 6.10 Å². The van der Waals surface area contributed by atoms with E-state index in [9.17, 15) is 14.4 Å². The smallest absolute Gasteiger partial charge is 0.326 e. The standard InChI is InChI=1S/C21H24N2O4/c1-15(21(26)23-11-4-5-12-23)27-20(25)14-22-19(24)13-17-9-6-8-16-7-2-3-10-18(16)17/h2-3,6-10,15H,4-5,11-14H2,1H3,(H,22,24)/t15-/m1/s1. The van der Waals surface area contributed by atoms with Crippen molar-refractivity contribution in [2.75, 3.05) is 19.6 Å². The molecule has 1 aliphatic rings. The molecular formula is C21H24N2O4. The predicted molar refractivity (Wildman–Crippen MR) is 102 cm³/mol. The van der Waals surface area contributed by atoms with Gasteiger partial charge in [0.25, 0.3) is 5.91 Å². The predicted octanol–water partition coefficient (Wildman–Crippen LogP) is 2.05. The van der Waals surface area contributed by atoms with Gasteiger partial charge in [-0.15, -0.1) is 0 Å². The van der Waals surface area contributed by atoms with Crippen molar-refractivity contribution >= 4 is 28.6 Å². The number of ether oxygens (including phenoxy) is 1. The molecule has 27 heavy (non-hydrogen) atoms. The second kappa shape index (κ2) is 8.66. The average molecular weight is 368 g/mol. The zero-order chi connectivity index (χ0) is 19.2. The van der Waals surface area contributed by atoms with Crippen LogP contribution in [0.1, 0.15) is 25.3 Å². The fourth-order valence-corrected chi connectivity index (χ4v) is 3.34. The molecule has 1 N–H and O–H groups in total. The first-order valence-electron chi connectivity index (χ1n) is 9.26. The topological polar surface area (TPSA) is 75.7 Å². The molecular weight excluding hydrogens is 344 g/mol. The van der Waals surface area contributed by atoms with Gasteiger partial charge in [-0.25, -0.2) is 0 Å².